The molecule has 0 saturated carbocycles. The summed E-state index contributed by atoms with van der Waals surface area (Å²) in [4.78, 5) is 0. The fourth-order valence-corrected chi connectivity index (χ4v) is 7.83. The van der Waals surface area contributed by atoms with Crippen molar-refractivity contribution >= 4 is 11.8 Å². The highest BCUT2D eigenvalue weighted by molar-refractivity contribution is 5.74. The van der Waals surface area contributed by atoms with E-state index in [-0.39, 0.29) is 0 Å². The number of hydrogen-bond donors (Lipinski definition) is 0. The van der Waals surface area contributed by atoms with Gasteiger partial charge in [0.2, 0.25) is 5.70 Å². The number of azo groups is 2. The van der Waals surface area contributed by atoms with E-state index in [0.717, 1.165) is 37.9 Å². The van der Waals surface area contributed by atoms with E-state index in [9.17, 15) is 0 Å². The number of hydrogen-bond acceptors (Lipinski definition) is 1. The van der Waals surface area contributed by atoms with Gasteiger partial charge in [-0.15, -0.1) is 0 Å². The van der Waals surface area contributed by atoms with Crippen LogP contribution in [0.25, 0.3) is 28.3 Å². The molecule has 0 heterocycles. The van der Waals surface area contributed by atoms with Crippen LogP contribution in [0.5, 0.6) is 0 Å². The highest BCUT2D eigenvalue weighted by Gasteiger charge is 2.18. The molecule has 0 aliphatic carbocycles. The minimum atomic E-state index is 0.821. The van der Waals surface area contributed by atoms with Crippen LogP contribution in [0.1, 0.15) is 159 Å². The molecule has 0 bridgehead atoms. The zero-order valence-electron chi connectivity index (χ0n) is 34.5. The van der Waals surface area contributed by atoms with Gasteiger partial charge in [0, 0.05) is 13.0 Å². The molecule has 0 fully saturated rings. The third kappa shape index (κ3) is 13.2. The summed E-state index contributed by atoms with van der Waals surface area (Å²) >= 11 is 0. The smallest absolute Gasteiger partial charge is 0.0885 e. The molecule has 4 aromatic carbocycles. The van der Waals surface area contributed by atoms with Crippen LogP contribution in [-0.2, 0) is 25.7 Å². The second kappa shape index (κ2) is 23.8. The third-order valence-corrected chi connectivity index (χ3v) is 10.8. The van der Waals surface area contributed by atoms with Crippen molar-refractivity contribution in [1.82, 2.24) is 0 Å². The number of allylic oxidation sites excluding steroid dienone is 1. The van der Waals surface area contributed by atoms with Crippen molar-refractivity contribution in [2.24, 2.45) is 5.11 Å². The van der Waals surface area contributed by atoms with Crippen LogP contribution in [0.3, 0.4) is 0 Å². The van der Waals surface area contributed by atoms with E-state index in [0.29, 0.717) is 0 Å². The normalized spacial score (nSPS) is 12.1. The van der Waals surface area contributed by atoms with E-state index >= 15 is 0 Å². The summed E-state index contributed by atoms with van der Waals surface area (Å²) in [5, 5.41) is 5.39. The first-order valence-corrected chi connectivity index (χ1v) is 21.6. The number of aryl methyl sites for hydroxylation is 3. The number of nitrogens with zero attached hydrogens (tertiary/aromatic N) is 2. The predicted molar refractivity (Wildman–Crippen MR) is 232 cm³/mol. The Labute approximate surface area is 324 Å². The maximum atomic E-state index is 5.39. The Morgan fingerprint density at radius 2 is 1.04 bits per heavy atom. The molecule has 0 amide bonds. The van der Waals surface area contributed by atoms with Gasteiger partial charge in [0.25, 0.3) is 0 Å². The highest BCUT2D eigenvalue weighted by Crippen LogP contribution is 2.35. The molecule has 4 rings (SSSR count). The van der Waals surface area contributed by atoms with Crippen molar-refractivity contribution in [3.63, 3.8) is 0 Å². The Hall–Kier alpha value is -3.78. The summed E-state index contributed by atoms with van der Waals surface area (Å²) in [6, 6.07) is 31.9. The molecule has 284 valence electrons. The molecular weight excluding hydrogens is 641 g/mol. The van der Waals surface area contributed by atoms with Gasteiger partial charge >= 0.3 is 0 Å². The van der Waals surface area contributed by atoms with Gasteiger partial charge in [-0.2, -0.15) is 0 Å². The van der Waals surface area contributed by atoms with Gasteiger partial charge < -0.3 is 0 Å². The van der Waals surface area contributed by atoms with Gasteiger partial charge in [0.15, 0.2) is 6.54 Å². The number of unbranched alkanes of at least 4 members (excludes halogenated alkanes) is 10. The first-order valence-electron chi connectivity index (χ1n) is 21.6. The molecule has 2 heteroatoms. The maximum Gasteiger partial charge on any atom is 0.206 e. The average Bonchev–Trinajstić information content (AvgIpc) is 3.19. The van der Waals surface area contributed by atoms with Crippen LogP contribution in [0, 0.1) is 0 Å². The van der Waals surface area contributed by atoms with Crippen molar-refractivity contribution in [1.29, 1.82) is 0 Å². The average molecular weight is 712 g/mol. The minimum Gasteiger partial charge on any atom is -0.0885 e. The fraction of sp³-hybridized carbons (Fsp3) is 0.490. The molecule has 0 aromatic heterocycles. The zero-order valence-corrected chi connectivity index (χ0v) is 34.5. The topological polar surface area (TPSA) is 15.4 Å². The summed E-state index contributed by atoms with van der Waals surface area (Å²) in [5.41, 5.74) is 15.1. The van der Waals surface area contributed by atoms with Crippen LogP contribution < -0.4 is 0 Å². The van der Waals surface area contributed by atoms with E-state index in [4.69, 9.17) is 5.11 Å². The summed E-state index contributed by atoms with van der Waals surface area (Å²) in [6.45, 7) is 14.5. The quantitative estimate of drug-likeness (QED) is 0.0391. The largest absolute Gasteiger partial charge is 0.206 e. The lowest BCUT2D eigenvalue weighted by Gasteiger charge is -2.17. The fourth-order valence-electron chi connectivity index (χ4n) is 7.83. The van der Waals surface area contributed by atoms with Crippen LogP contribution >= 0.6 is 0 Å². The molecule has 0 atom stereocenters. The molecule has 0 saturated heterocycles. The van der Waals surface area contributed by atoms with Crippen LogP contribution in [0.15, 0.2) is 95.7 Å². The minimum absolute atomic E-state index is 0.821. The Morgan fingerprint density at radius 3 is 1.64 bits per heavy atom. The lowest BCUT2D eigenvalue weighted by Crippen LogP contribution is -2.07. The molecule has 53 heavy (non-hydrogen) atoms. The van der Waals surface area contributed by atoms with Gasteiger partial charge in [-0.1, -0.05) is 169 Å². The van der Waals surface area contributed by atoms with Gasteiger partial charge in [-0.25, -0.2) is 0 Å². The van der Waals surface area contributed by atoms with Crippen molar-refractivity contribution < 1.29 is 4.70 Å². The lowest BCUT2D eigenvalue weighted by molar-refractivity contribution is -0.537. The van der Waals surface area contributed by atoms with Crippen molar-refractivity contribution in [3.05, 3.63) is 118 Å². The Morgan fingerprint density at radius 1 is 0.528 bits per heavy atom. The van der Waals surface area contributed by atoms with Crippen molar-refractivity contribution in [2.75, 3.05) is 6.54 Å². The summed E-state index contributed by atoms with van der Waals surface area (Å²) in [6.07, 6.45) is 24.7. The third-order valence-electron chi connectivity index (χ3n) is 10.8. The molecule has 0 spiro atoms. The van der Waals surface area contributed by atoms with Crippen LogP contribution in [-0.4, -0.2) is 11.2 Å². The summed E-state index contributed by atoms with van der Waals surface area (Å²) < 4.78 is 2.22. The molecule has 0 aliphatic heterocycles. The van der Waals surface area contributed by atoms with Crippen LogP contribution in [0.2, 0.25) is 0 Å². The first kappa shape index (κ1) is 42.0. The summed E-state index contributed by atoms with van der Waals surface area (Å²) in [7, 11) is 0. The standard InChI is InChI=1S/C51H71N2/c1-7-12-16-18-19-27-35-49-45(28-14-9-3)39-48(40-50(49)43-30-23-20-24-31-43)52-53(11-5)41(6)36-42-37-46(29-15-10-4)51(44-32-25-21-26-33-44)47(38-42)34-22-17-13-8-2/h20-21,23-26,30-33,36-40H,7-19,22,27-29,34-35H2,1-6H3/q+1. The zero-order chi connectivity index (χ0) is 37.7. The SMILES string of the molecule is CCCCCCCCc1c(CCCC)cc(N=[N+](CC)C(C)=Cc2cc(CCCC)c(-c3ccccc3)c(CCCCCC)c2)cc1-c1ccccc1. The maximum absolute atomic E-state index is 5.39. The van der Waals surface area contributed by atoms with E-state index < -0.39 is 0 Å². The second-order valence-corrected chi connectivity index (χ2v) is 15.2. The number of benzene rings is 4. The van der Waals surface area contributed by atoms with Crippen molar-refractivity contribution in [2.45, 2.75) is 157 Å². The monoisotopic (exact) mass is 712 g/mol. The van der Waals surface area contributed by atoms with Gasteiger partial charge in [0.05, 0.1) is 0 Å². The molecule has 4 aromatic rings. The Kier molecular flexibility index (Phi) is 18.8. The van der Waals surface area contributed by atoms with Gasteiger partial charge in [0.1, 0.15) is 5.69 Å². The van der Waals surface area contributed by atoms with Crippen LogP contribution in [0.4, 0.5) is 5.69 Å². The molecular formula is C51H71N2+. The van der Waals surface area contributed by atoms with E-state index in [1.54, 1.807) is 5.56 Å². The van der Waals surface area contributed by atoms with Gasteiger partial charge in [-0.05, 0) is 126 Å². The molecule has 0 N–H and O–H groups in total. The summed E-state index contributed by atoms with van der Waals surface area (Å²) in [5.74, 6) is 0. The van der Waals surface area contributed by atoms with E-state index in [1.807, 2.05) is 0 Å². The van der Waals surface area contributed by atoms with E-state index in [1.165, 1.54) is 140 Å². The van der Waals surface area contributed by atoms with Gasteiger partial charge in [-0.3, -0.25) is 0 Å². The van der Waals surface area contributed by atoms with E-state index in [2.05, 4.69) is 137 Å². The number of rotatable bonds is 24. The predicted octanol–water partition coefficient (Wildman–Crippen LogP) is 15.9. The molecule has 0 unspecified atom stereocenters. The molecule has 0 aliphatic rings. The first-order chi connectivity index (χ1) is 26.0. The Bertz CT molecular complexity index is 1700. The van der Waals surface area contributed by atoms with Crippen molar-refractivity contribution in [3.8, 4) is 22.3 Å². The second-order valence-electron chi connectivity index (χ2n) is 15.2. The lowest BCUT2D eigenvalue weighted by atomic mass is 9.87. The highest BCUT2D eigenvalue weighted by atomic mass is 15.3. The molecule has 2 nitrogen and oxygen atoms in total. The Balaban J connectivity index is 1.77. The molecule has 0 radical (unpaired) electrons.